The number of carbonyl (C=O) groups is 2. The molecule has 1 heterocycles. The van der Waals surface area contributed by atoms with Crippen molar-refractivity contribution in [2.75, 3.05) is 26.5 Å². The molecule has 8 heteroatoms. The van der Waals surface area contributed by atoms with Crippen LogP contribution in [0.4, 0.5) is 5.69 Å². The van der Waals surface area contributed by atoms with E-state index in [1.807, 2.05) is 12.1 Å². The molecule has 1 aromatic carbocycles. The van der Waals surface area contributed by atoms with Crippen molar-refractivity contribution in [2.45, 2.75) is 25.8 Å². The lowest BCUT2D eigenvalue weighted by atomic mass is 10.1. The van der Waals surface area contributed by atoms with Crippen LogP contribution in [-0.2, 0) is 24.2 Å². The number of aryl methyl sites for hydroxylation is 1. The predicted octanol–water partition coefficient (Wildman–Crippen LogP) is 1.12. The van der Waals surface area contributed by atoms with Crippen molar-refractivity contribution in [2.24, 2.45) is 0 Å². The maximum Gasteiger partial charge on any atom is 0.277 e. The molecule has 2 amide bonds. The van der Waals surface area contributed by atoms with E-state index in [2.05, 4.69) is 15.6 Å². The zero-order valence-corrected chi connectivity index (χ0v) is 14.6. The van der Waals surface area contributed by atoms with E-state index in [0.29, 0.717) is 11.4 Å². The van der Waals surface area contributed by atoms with E-state index in [9.17, 15) is 9.59 Å². The summed E-state index contributed by atoms with van der Waals surface area (Å²) in [5.41, 5.74) is 3.20. The SMILES string of the molecule is COc1ccc2c(c1NC(=O)c1cn(CC(=O)N(C)C)nn1)CCC2. The van der Waals surface area contributed by atoms with Crippen molar-refractivity contribution in [3.8, 4) is 5.75 Å². The lowest BCUT2D eigenvalue weighted by Gasteiger charge is -2.14. The van der Waals surface area contributed by atoms with Crippen LogP contribution >= 0.6 is 0 Å². The Morgan fingerprint density at radius 1 is 1.32 bits per heavy atom. The minimum atomic E-state index is -0.373. The molecular weight excluding hydrogens is 322 g/mol. The first-order valence-electron chi connectivity index (χ1n) is 8.10. The number of hydrogen-bond donors (Lipinski definition) is 1. The number of likely N-dealkylation sites (N-methyl/N-ethyl adjacent to an activating group) is 1. The summed E-state index contributed by atoms with van der Waals surface area (Å²) in [5.74, 6) is 0.130. The van der Waals surface area contributed by atoms with Crippen molar-refractivity contribution in [1.29, 1.82) is 0 Å². The van der Waals surface area contributed by atoms with Gasteiger partial charge in [0.25, 0.3) is 5.91 Å². The lowest BCUT2D eigenvalue weighted by molar-refractivity contribution is -0.129. The summed E-state index contributed by atoms with van der Waals surface area (Å²) in [7, 11) is 4.90. The van der Waals surface area contributed by atoms with Gasteiger partial charge in [-0.05, 0) is 36.5 Å². The third-order valence-electron chi connectivity index (χ3n) is 4.27. The highest BCUT2D eigenvalue weighted by molar-refractivity contribution is 6.04. The molecule has 0 spiro atoms. The quantitative estimate of drug-likeness (QED) is 0.879. The Morgan fingerprint density at radius 2 is 2.12 bits per heavy atom. The fourth-order valence-corrected chi connectivity index (χ4v) is 2.89. The van der Waals surface area contributed by atoms with E-state index < -0.39 is 0 Å². The van der Waals surface area contributed by atoms with E-state index >= 15 is 0 Å². The number of benzene rings is 1. The van der Waals surface area contributed by atoms with Crippen LogP contribution in [0.25, 0.3) is 0 Å². The predicted molar refractivity (Wildman–Crippen MR) is 91.7 cm³/mol. The Labute approximate surface area is 145 Å². The van der Waals surface area contributed by atoms with Gasteiger partial charge < -0.3 is 15.0 Å². The van der Waals surface area contributed by atoms with E-state index in [-0.39, 0.29) is 24.1 Å². The molecule has 0 saturated heterocycles. The molecule has 1 aliphatic carbocycles. The number of fused-ring (bicyclic) bond motifs is 1. The summed E-state index contributed by atoms with van der Waals surface area (Å²) in [6, 6.07) is 3.91. The monoisotopic (exact) mass is 343 g/mol. The first kappa shape index (κ1) is 16.9. The van der Waals surface area contributed by atoms with Crippen molar-refractivity contribution < 1.29 is 14.3 Å². The second-order valence-corrected chi connectivity index (χ2v) is 6.18. The van der Waals surface area contributed by atoms with Gasteiger partial charge in [-0.25, -0.2) is 4.68 Å². The first-order chi connectivity index (χ1) is 12.0. The molecule has 132 valence electrons. The number of nitrogens with zero attached hydrogens (tertiary/aromatic N) is 4. The maximum absolute atomic E-state index is 12.5. The minimum absolute atomic E-state index is 0.0390. The molecule has 0 saturated carbocycles. The number of nitrogens with one attached hydrogen (secondary N) is 1. The van der Waals surface area contributed by atoms with Gasteiger partial charge in [0.15, 0.2) is 5.69 Å². The molecule has 0 unspecified atom stereocenters. The fourth-order valence-electron chi connectivity index (χ4n) is 2.89. The normalized spacial score (nSPS) is 12.6. The highest BCUT2D eigenvalue weighted by atomic mass is 16.5. The Bertz CT molecular complexity index is 813. The highest BCUT2D eigenvalue weighted by Gasteiger charge is 2.22. The second-order valence-electron chi connectivity index (χ2n) is 6.18. The molecule has 1 aliphatic rings. The third-order valence-corrected chi connectivity index (χ3v) is 4.27. The Balaban J connectivity index is 1.79. The molecule has 1 aromatic heterocycles. The number of ether oxygens (including phenoxy) is 1. The Hall–Kier alpha value is -2.90. The fraction of sp³-hybridized carbons (Fsp3) is 0.412. The highest BCUT2D eigenvalue weighted by Crippen LogP contribution is 2.36. The zero-order chi connectivity index (χ0) is 18.0. The van der Waals surface area contributed by atoms with E-state index in [1.165, 1.54) is 21.3 Å². The van der Waals surface area contributed by atoms with Crippen LogP contribution in [0.15, 0.2) is 18.3 Å². The molecule has 0 atom stereocenters. The number of amides is 2. The van der Waals surface area contributed by atoms with Crippen molar-refractivity contribution in [3.63, 3.8) is 0 Å². The van der Waals surface area contributed by atoms with Gasteiger partial charge >= 0.3 is 0 Å². The molecule has 2 aromatic rings. The topological polar surface area (TPSA) is 89.4 Å². The van der Waals surface area contributed by atoms with Crippen LogP contribution < -0.4 is 10.1 Å². The number of carbonyl (C=O) groups excluding carboxylic acids is 2. The summed E-state index contributed by atoms with van der Waals surface area (Å²) in [4.78, 5) is 25.7. The average Bonchev–Trinajstić information content (AvgIpc) is 3.24. The molecule has 0 radical (unpaired) electrons. The second kappa shape index (κ2) is 6.92. The van der Waals surface area contributed by atoms with Gasteiger partial charge in [-0.3, -0.25) is 9.59 Å². The molecular formula is C17H21N5O3. The van der Waals surface area contributed by atoms with E-state index in [0.717, 1.165) is 24.8 Å². The summed E-state index contributed by atoms with van der Waals surface area (Å²) < 4.78 is 6.74. The molecule has 0 bridgehead atoms. The van der Waals surface area contributed by atoms with Gasteiger partial charge in [0.05, 0.1) is 19.0 Å². The molecule has 25 heavy (non-hydrogen) atoms. The van der Waals surface area contributed by atoms with Gasteiger partial charge in [-0.1, -0.05) is 11.3 Å². The summed E-state index contributed by atoms with van der Waals surface area (Å²) in [5, 5.41) is 10.6. The van der Waals surface area contributed by atoms with Gasteiger partial charge in [-0.15, -0.1) is 5.10 Å². The number of aromatic nitrogens is 3. The van der Waals surface area contributed by atoms with Gasteiger partial charge in [-0.2, -0.15) is 0 Å². The van der Waals surface area contributed by atoms with Crippen molar-refractivity contribution in [3.05, 3.63) is 35.2 Å². The van der Waals surface area contributed by atoms with Crippen molar-refractivity contribution >= 4 is 17.5 Å². The Kier molecular flexibility index (Phi) is 4.69. The van der Waals surface area contributed by atoms with Crippen LogP contribution in [0.5, 0.6) is 5.75 Å². The van der Waals surface area contributed by atoms with Gasteiger partial charge in [0.2, 0.25) is 5.91 Å². The largest absolute Gasteiger partial charge is 0.495 e. The number of hydrogen-bond acceptors (Lipinski definition) is 5. The zero-order valence-electron chi connectivity index (χ0n) is 14.6. The van der Waals surface area contributed by atoms with Crippen LogP contribution in [-0.4, -0.2) is 52.9 Å². The summed E-state index contributed by atoms with van der Waals surface area (Å²) in [6.45, 7) is 0.0390. The van der Waals surface area contributed by atoms with Crippen LogP contribution in [0, 0.1) is 0 Å². The number of methoxy groups -OCH3 is 1. The van der Waals surface area contributed by atoms with Gasteiger partial charge in [0.1, 0.15) is 12.3 Å². The lowest BCUT2D eigenvalue weighted by Crippen LogP contribution is -2.26. The van der Waals surface area contributed by atoms with E-state index in [1.54, 1.807) is 21.2 Å². The smallest absolute Gasteiger partial charge is 0.277 e. The van der Waals surface area contributed by atoms with Crippen LogP contribution in [0.3, 0.4) is 0 Å². The maximum atomic E-state index is 12.5. The summed E-state index contributed by atoms with van der Waals surface area (Å²) in [6.07, 6.45) is 4.44. The van der Waals surface area contributed by atoms with Gasteiger partial charge in [0, 0.05) is 14.1 Å². The molecule has 3 rings (SSSR count). The van der Waals surface area contributed by atoms with Crippen molar-refractivity contribution in [1.82, 2.24) is 19.9 Å². The first-order valence-corrected chi connectivity index (χ1v) is 8.10. The molecule has 0 fully saturated rings. The average molecular weight is 343 g/mol. The molecule has 1 N–H and O–H groups in total. The van der Waals surface area contributed by atoms with Crippen LogP contribution in [0.1, 0.15) is 28.0 Å². The number of anilines is 1. The summed E-state index contributed by atoms with van der Waals surface area (Å²) >= 11 is 0. The minimum Gasteiger partial charge on any atom is -0.495 e. The van der Waals surface area contributed by atoms with E-state index in [4.69, 9.17) is 4.74 Å². The third kappa shape index (κ3) is 3.47. The number of rotatable bonds is 5. The standard InChI is InChI=1S/C17H21N5O3/c1-21(2)15(23)10-22-9-13(19-20-22)17(24)18-16-12-6-4-5-11(12)7-8-14(16)25-3/h7-9H,4-6,10H2,1-3H3,(H,18,24). The molecule has 0 aliphatic heterocycles. The molecule has 8 nitrogen and oxygen atoms in total. The van der Waals surface area contributed by atoms with Crippen LogP contribution in [0.2, 0.25) is 0 Å². The Morgan fingerprint density at radius 3 is 2.84 bits per heavy atom.